The van der Waals surface area contributed by atoms with Crippen LogP contribution in [0.5, 0.6) is 0 Å². The summed E-state index contributed by atoms with van der Waals surface area (Å²) in [5.41, 5.74) is 2.78. The van der Waals surface area contributed by atoms with Gasteiger partial charge in [0.1, 0.15) is 5.82 Å². The molecule has 0 spiro atoms. The topological polar surface area (TPSA) is 65.5 Å². The van der Waals surface area contributed by atoms with Gasteiger partial charge in [0.05, 0.1) is 16.3 Å². The van der Waals surface area contributed by atoms with Crippen LogP contribution in [0.2, 0.25) is 0 Å². The second kappa shape index (κ2) is 10.2. The third-order valence-electron chi connectivity index (χ3n) is 6.49. The van der Waals surface area contributed by atoms with Crippen molar-refractivity contribution in [3.8, 4) is 11.3 Å². The molecule has 2 amide bonds. The van der Waals surface area contributed by atoms with Crippen molar-refractivity contribution < 1.29 is 14.0 Å². The van der Waals surface area contributed by atoms with Crippen LogP contribution in [-0.2, 0) is 4.79 Å². The van der Waals surface area contributed by atoms with Crippen LogP contribution in [0.1, 0.15) is 25.3 Å². The number of pyridine rings is 1. The number of thioether (sulfide) groups is 1. The van der Waals surface area contributed by atoms with Crippen molar-refractivity contribution in [1.82, 2.24) is 15.2 Å². The lowest BCUT2D eigenvalue weighted by Gasteiger charge is -2.36. The molecule has 0 bridgehead atoms. The first-order valence-electron chi connectivity index (χ1n) is 11.9. The quantitative estimate of drug-likeness (QED) is 0.474. The van der Waals surface area contributed by atoms with Gasteiger partial charge in [-0.1, -0.05) is 31.5 Å². The molecule has 2 aliphatic rings. The molecular formula is C27H27FN4O2S. The molecule has 6 nitrogen and oxygen atoms in total. The minimum Gasteiger partial charge on any atom is -0.367 e. The van der Waals surface area contributed by atoms with Crippen molar-refractivity contribution in [2.45, 2.75) is 19.8 Å². The molecule has 2 aromatic carbocycles. The summed E-state index contributed by atoms with van der Waals surface area (Å²) in [5, 5.41) is 3.71. The van der Waals surface area contributed by atoms with E-state index < -0.39 is 5.91 Å². The Bertz CT molecular complexity index is 1320. The number of halogens is 1. The number of hydrogen-bond donors (Lipinski definition) is 1. The SMILES string of the molecule is CCCCN1CCN(c2ccc(-c3nccc4ccc(C=C5SC(=O)NC5=O)cc34)cc2F)CC1. The fraction of sp³-hybridized carbons (Fsp3) is 0.296. The third kappa shape index (κ3) is 5.09. The summed E-state index contributed by atoms with van der Waals surface area (Å²) in [7, 11) is 0. The second-order valence-electron chi connectivity index (χ2n) is 8.84. The monoisotopic (exact) mass is 490 g/mol. The second-order valence-corrected chi connectivity index (χ2v) is 9.86. The Hall–Kier alpha value is -3.23. The van der Waals surface area contributed by atoms with Crippen LogP contribution >= 0.6 is 11.8 Å². The number of piperazine rings is 1. The maximum absolute atomic E-state index is 15.3. The van der Waals surface area contributed by atoms with Gasteiger partial charge in [-0.05, 0) is 66.0 Å². The molecule has 1 N–H and O–H groups in total. The summed E-state index contributed by atoms with van der Waals surface area (Å²) in [5.74, 6) is -0.644. The van der Waals surface area contributed by atoms with Crippen LogP contribution in [0.3, 0.4) is 0 Å². The number of aromatic nitrogens is 1. The zero-order chi connectivity index (χ0) is 24.4. The van der Waals surface area contributed by atoms with E-state index in [4.69, 9.17) is 0 Å². The van der Waals surface area contributed by atoms with Crippen molar-refractivity contribution in [2.75, 3.05) is 37.6 Å². The Balaban J connectivity index is 1.41. The Morgan fingerprint density at radius 1 is 1.09 bits per heavy atom. The van der Waals surface area contributed by atoms with Crippen molar-refractivity contribution in [2.24, 2.45) is 0 Å². The van der Waals surface area contributed by atoms with Crippen LogP contribution in [-0.4, -0.2) is 53.8 Å². The number of carbonyl (C=O) groups excluding carboxylic acids is 2. The summed E-state index contributed by atoms with van der Waals surface area (Å²) in [4.78, 5) is 32.9. The Morgan fingerprint density at radius 3 is 2.63 bits per heavy atom. The summed E-state index contributed by atoms with van der Waals surface area (Å²) in [6.45, 7) is 6.85. The van der Waals surface area contributed by atoms with Crippen molar-refractivity contribution in [1.29, 1.82) is 0 Å². The summed E-state index contributed by atoms with van der Waals surface area (Å²) in [6.07, 6.45) is 5.79. The van der Waals surface area contributed by atoms with E-state index in [0.717, 1.165) is 60.8 Å². The number of rotatable bonds is 6. The number of fused-ring (bicyclic) bond motifs is 1. The zero-order valence-electron chi connectivity index (χ0n) is 19.6. The van der Waals surface area contributed by atoms with Crippen LogP contribution in [0.15, 0.2) is 53.6 Å². The predicted molar refractivity (Wildman–Crippen MR) is 140 cm³/mol. The molecule has 2 saturated heterocycles. The number of benzene rings is 2. The molecule has 180 valence electrons. The molecule has 5 rings (SSSR count). The molecule has 0 aliphatic carbocycles. The lowest BCUT2D eigenvalue weighted by Crippen LogP contribution is -2.46. The van der Waals surface area contributed by atoms with Crippen LogP contribution < -0.4 is 10.2 Å². The van der Waals surface area contributed by atoms with Crippen LogP contribution in [0.4, 0.5) is 14.9 Å². The van der Waals surface area contributed by atoms with E-state index in [0.29, 0.717) is 21.8 Å². The molecule has 1 aromatic heterocycles. The molecule has 0 saturated carbocycles. The van der Waals surface area contributed by atoms with E-state index in [1.54, 1.807) is 18.3 Å². The molecule has 2 aliphatic heterocycles. The number of nitrogens with one attached hydrogen (secondary N) is 1. The molecular weight excluding hydrogens is 463 g/mol. The maximum Gasteiger partial charge on any atom is 0.290 e. The molecule has 3 aromatic rings. The predicted octanol–water partition coefficient (Wildman–Crippen LogP) is 5.29. The fourth-order valence-electron chi connectivity index (χ4n) is 4.58. The fourth-order valence-corrected chi connectivity index (χ4v) is 5.27. The van der Waals surface area contributed by atoms with Gasteiger partial charge in [-0.25, -0.2) is 4.39 Å². The molecule has 35 heavy (non-hydrogen) atoms. The highest BCUT2D eigenvalue weighted by Crippen LogP contribution is 2.32. The average molecular weight is 491 g/mol. The molecule has 0 atom stereocenters. The van der Waals surface area contributed by atoms with E-state index in [2.05, 4.69) is 27.0 Å². The molecule has 3 heterocycles. The van der Waals surface area contributed by atoms with Crippen molar-refractivity contribution in [3.05, 3.63) is 64.9 Å². The lowest BCUT2D eigenvalue weighted by molar-refractivity contribution is -0.115. The van der Waals surface area contributed by atoms with E-state index in [1.165, 1.54) is 12.8 Å². The van der Waals surface area contributed by atoms with Crippen LogP contribution in [0.25, 0.3) is 28.1 Å². The van der Waals surface area contributed by atoms with Gasteiger partial charge in [0, 0.05) is 43.3 Å². The number of anilines is 1. The highest BCUT2D eigenvalue weighted by Gasteiger charge is 2.25. The zero-order valence-corrected chi connectivity index (χ0v) is 20.4. The van der Waals surface area contributed by atoms with Crippen LogP contribution in [0, 0.1) is 5.82 Å². The van der Waals surface area contributed by atoms with Gasteiger partial charge < -0.3 is 4.90 Å². The van der Waals surface area contributed by atoms with Crippen molar-refractivity contribution >= 4 is 45.4 Å². The van der Waals surface area contributed by atoms with E-state index in [-0.39, 0.29) is 11.1 Å². The van der Waals surface area contributed by atoms with Gasteiger partial charge in [0.25, 0.3) is 11.1 Å². The van der Waals surface area contributed by atoms with Gasteiger partial charge in [0.2, 0.25) is 0 Å². The third-order valence-corrected chi connectivity index (χ3v) is 7.30. The Labute approximate surface area is 208 Å². The van der Waals surface area contributed by atoms with E-state index in [1.807, 2.05) is 36.4 Å². The van der Waals surface area contributed by atoms with Crippen molar-refractivity contribution in [3.63, 3.8) is 0 Å². The number of amides is 2. The molecule has 2 fully saturated rings. The summed E-state index contributed by atoms with van der Waals surface area (Å²) in [6, 6.07) is 13.0. The molecule has 0 unspecified atom stereocenters. The normalized spacial score (nSPS) is 18.0. The highest BCUT2D eigenvalue weighted by atomic mass is 32.2. The van der Waals surface area contributed by atoms with Gasteiger partial charge in [-0.15, -0.1) is 0 Å². The number of nitrogens with zero attached hydrogens (tertiary/aromatic N) is 3. The largest absolute Gasteiger partial charge is 0.367 e. The number of hydrogen-bond acceptors (Lipinski definition) is 6. The van der Waals surface area contributed by atoms with Gasteiger partial charge in [-0.3, -0.25) is 24.8 Å². The summed E-state index contributed by atoms with van der Waals surface area (Å²) < 4.78 is 15.3. The number of unbranched alkanes of at least 4 members (excludes halogenated alkanes) is 1. The lowest BCUT2D eigenvalue weighted by atomic mass is 10.0. The minimum absolute atomic E-state index is 0.251. The molecule has 8 heteroatoms. The number of carbonyl (C=O) groups is 2. The Kier molecular flexibility index (Phi) is 6.83. The molecule has 0 radical (unpaired) electrons. The average Bonchev–Trinajstić information content (AvgIpc) is 3.18. The first-order chi connectivity index (χ1) is 17.0. The van der Waals surface area contributed by atoms with E-state index >= 15 is 4.39 Å². The first-order valence-corrected chi connectivity index (χ1v) is 12.7. The number of imide groups is 1. The van der Waals surface area contributed by atoms with E-state index in [9.17, 15) is 9.59 Å². The standard InChI is InChI=1S/C27H27FN4O2S/c1-2-3-10-31-11-13-32(14-12-31)23-7-6-20(17-22(23)28)25-21-15-18(4-5-19(21)8-9-29-25)16-24-26(33)30-27(34)35-24/h4-9,15-17H,2-3,10-14H2,1H3,(H,30,33,34). The Morgan fingerprint density at radius 2 is 1.91 bits per heavy atom. The summed E-state index contributed by atoms with van der Waals surface area (Å²) >= 11 is 0.884. The van der Waals surface area contributed by atoms with Gasteiger partial charge in [0.15, 0.2) is 0 Å². The smallest absolute Gasteiger partial charge is 0.290 e. The van der Waals surface area contributed by atoms with Gasteiger partial charge >= 0.3 is 0 Å². The first kappa shape index (κ1) is 23.5. The van der Waals surface area contributed by atoms with Gasteiger partial charge in [-0.2, -0.15) is 0 Å². The highest BCUT2D eigenvalue weighted by molar-refractivity contribution is 8.18. The maximum atomic E-state index is 15.3. The minimum atomic E-state index is -0.393.